The molecule has 0 fully saturated rings. The Balaban J connectivity index is 1.08. The number of para-hydroxylation sites is 3. The average molecular weight is 880 g/mol. The first kappa shape index (κ1) is 37.8. The van der Waals surface area contributed by atoms with Gasteiger partial charge in [-0.25, -0.2) is 15.0 Å². The number of hydrogen-bond acceptors (Lipinski definition) is 4. The van der Waals surface area contributed by atoms with Crippen molar-refractivity contribution < 1.29 is 4.42 Å². The van der Waals surface area contributed by atoms with E-state index in [-0.39, 0.29) is 0 Å². The maximum Gasteiger partial charge on any atom is 0.166 e. The maximum atomic E-state index is 6.70. The molecule has 15 rings (SSSR count). The first-order valence-electron chi connectivity index (χ1n) is 23.3. The van der Waals surface area contributed by atoms with Crippen LogP contribution in [0.4, 0.5) is 0 Å². The van der Waals surface area contributed by atoms with Gasteiger partial charge in [0, 0.05) is 49.1 Å². The van der Waals surface area contributed by atoms with Crippen LogP contribution in [0.1, 0.15) is 0 Å². The molecule has 11 aromatic carbocycles. The van der Waals surface area contributed by atoms with Gasteiger partial charge in [-0.15, -0.1) is 0 Å². The molecule has 0 aliphatic carbocycles. The molecule has 0 amide bonds. The van der Waals surface area contributed by atoms with Crippen LogP contribution in [0.15, 0.2) is 229 Å². The third kappa shape index (κ3) is 5.69. The summed E-state index contributed by atoms with van der Waals surface area (Å²) in [5.41, 5.74) is 10.6. The molecule has 0 aliphatic rings. The number of furan rings is 1. The third-order valence-corrected chi connectivity index (χ3v) is 14.1. The molecule has 0 saturated heterocycles. The Morgan fingerprint density at radius 3 is 1.72 bits per heavy atom. The van der Waals surface area contributed by atoms with Gasteiger partial charge in [-0.2, -0.15) is 0 Å². The van der Waals surface area contributed by atoms with Crippen LogP contribution in [0.25, 0.3) is 143 Å². The highest BCUT2D eigenvalue weighted by molar-refractivity contribution is 6.24. The second-order valence-corrected chi connectivity index (χ2v) is 18.0. The van der Waals surface area contributed by atoms with Crippen LogP contribution in [-0.2, 0) is 0 Å². The van der Waals surface area contributed by atoms with Crippen molar-refractivity contribution in [1.82, 2.24) is 24.1 Å². The molecule has 6 heteroatoms. The van der Waals surface area contributed by atoms with Crippen molar-refractivity contribution in [1.29, 1.82) is 0 Å². The molecule has 0 aliphatic heterocycles. The zero-order valence-electron chi connectivity index (χ0n) is 37.0. The summed E-state index contributed by atoms with van der Waals surface area (Å²) < 4.78 is 11.5. The minimum absolute atomic E-state index is 0.551. The van der Waals surface area contributed by atoms with Gasteiger partial charge >= 0.3 is 0 Å². The quantitative estimate of drug-likeness (QED) is 0.173. The lowest BCUT2D eigenvalue weighted by Crippen LogP contribution is -2.04. The molecule has 0 bridgehead atoms. The van der Waals surface area contributed by atoms with Gasteiger partial charge in [-0.3, -0.25) is 0 Å². The van der Waals surface area contributed by atoms with Gasteiger partial charge in [0.15, 0.2) is 17.5 Å². The van der Waals surface area contributed by atoms with Crippen LogP contribution in [0.2, 0.25) is 0 Å². The minimum Gasteiger partial charge on any atom is -0.456 e. The predicted octanol–water partition coefficient (Wildman–Crippen LogP) is 16.4. The summed E-state index contributed by atoms with van der Waals surface area (Å²) >= 11 is 0. The SMILES string of the molecule is c1ccc(-n2c3ccccc3c3ccc(-c4nc(-c5ccc6ccccc6c5)nc(-c5c(-n6c7cc8ccccc8cc7c7c8ccccc8ccc76)ccc6oc7ccccc7c56)n4)cc32)cc1. The average Bonchev–Trinajstić information content (AvgIpc) is 4.07. The van der Waals surface area contributed by atoms with Crippen molar-refractivity contribution in [3.05, 3.63) is 224 Å². The summed E-state index contributed by atoms with van der Waals surface area (Å²) in [6.45, 7) is 0. The van der Waals surface area contributed by atoms with E-state index >= 15 is 0 Å². The van der Waals surface area contributed by atoms with Gasteiger partial charge in [0.05, 0.1) is 33.3 Å². The molecule has 320 valence electrons. The van der Waals surface area contributed by atoms with E-state index in [0.29, 0.717) is 17.5 Å². The van der Waals surface area contributed by atoms with E-state index in [4.69, 9.17) is 19.4 Å². The topological polar surface area (TPSA) is 61.7 Å². The molecule has 0 atom stereocenters. The van der Waals surface area contributed by atoms with Crippen LogP contribution in [0.5, 0.6) is 0 Å². The van der Waals surface area contributed by atoms with Crippen LogP contribution >= 0.6 is 0 Å². The summed E-state index contributed by atoms with van der Waals surface area (Å²) in [5, 5.41) is 13.7. The number of benzene rings is 11. The lowest BCUT2D eigenvalue weighted by Gasteiger charge is -2.16. The fourth-order valence-electron chi connectivity index (χ4n) is 11.0. The van der Waals surface area contributed by atoms with E-state index in [1.807, 2.05) is 12.1 Å². The molecule has 0 spiro atoms. The molecule has 0 N–H and O–H groups in total. The minimum atomic E-state index is 0.551. The number of hydrogen-bond donors (Lipinski definition) is 0. The van der Waals surface area contributed by atoms with E-state index in [1.165, 1.54) is 37.7 Å². The first-order chi connectivity index (χ1) is 34.2. The lowest BCUT2D eigenvalue weighted by molar-refractivity contribution is 0.669. The normalized spacial score (nSPS) is 12.1. The molecule has 0 radical (unpaired) electrons. The molecular formula is C63H37N5O. The monoisotopic (exact) mass is 879 g/mol. The Bertz CT molecular complexity index is 4620. The van der Waals surface area contributed by atoms with Crippen molar-refractivity contribution in [3.63, 3.8) is 0 Å². The second-order valence-electron chi connectivity index (χ2n) is 18.0. The lowest BCUT2D eigenvalue weighted by atomic mass is 10.0. The van der Waals surface area contributed by atoms with Crippen molar-refractivity contribution in [3.8, 4) is 45.5 Å². The van der Waals surface area contributed by atoms with Gasteiger partial charge < -0.3 is 13.6 Å². The Morgan fingerprint density at radius 2 is 0.899 bits per heavy atom. The molecule has 69 heavy (non-hydrogen) atoms. The van der Waals surface area contributed by atoms with Gasteiger partial charge in [-0.05, 0) is 99.0 Å². The highest BCUT2D eigenvalue weighted by Gasteiger charge is 2.26. The molecule has 0 unspecified atom stereocenters. The van der Waals surface area contributed by atoms with Crippen LogP contribution in [0.3, 0.4) is 0 Å². The van der Waals surface area contributed by atoms with E-state index in [1.54, 1.807) is 0 Å². The first-order valence-corrected chi connectivity index (χ1v) is 23.3. The van der Waals surface area contributed by atoms with E-state index in [0.717, 1.165) is 88.2 Å². The van der Waals surface area contributed by atoms with Gasteiger partial charge in [0.1, 0.15) is 11.2 Å². The Kier molecular flexibility index (Phi) is 7.97. The highest BCUT2D eigenvalue weighted by atomic mass is 16.3. The smallest absolute Gasteiger partial charge is 0.166 e. The molecular weight excluding hydrogens is 843 g/mol. The molecule has 15 aromatic rings. The summed E-state index contributed by atoms with van der Waals surface area (Å²) in [6.07, 6.45) is 0. The van der Waals surface area contributed by atoms with Crippen molar-refractivity contribution in [2.75, 3.05) is 0 Å². The summed E-state index contributed by atoms with van der Waals surface area (Å²) in [5.74, 6) is 1.71. The number of rotatable bonds is 5. The molecule has 0 saturated carbocycles. The Morgan fingerprint density at radius 1 is 0.304 bits per heavy atom. The third-order valence-electron chi connectivity index (χ3n) is 14.1. The van der Waals surface area contributed by atoms with Gasteiger partial charge in [-0.1, -0.05) is 158 Å². The van der Waals surface area contributed by atoms with Crippen LogP contribution in [0, 0.1) is 0 Å². The Hall–Kier alpha value is -9.39. The highest BCUT2D eigenvalue weighted by Crippen LogP contribution is 2.45. The second kappa shape index (κ2) is 14.6. The molecule has 4 heterocycles. The summed E-state index contributed by atoms with van der Waals surface area (Å²) in [7, 11) is 0. The van der Waals surface area contributed by atoms with Crippen molar-refractivity contribution in [2.24, 2.45) is 0 Å². The molecule has 6 nitrogen and oxygen atoms in total. The maximum absolute atomic E-state index is 6.70. The number of aromatic nitrogens is 5. The zero-order chi connectivity index (χ0) is 45.2. The largest absolute Gasteiger partial charge is 0.456 e. The number of nitrogens with zero attached hydrogens (tertiary/aromatic N) is 5. The number of fused-ring (bicyclic) bond motifs is 13. The summed E-state index contributed by atoms with van der Waals surface area (Å²) in [4.78, 5) is 16.6. The van der Waals surface area contributed by atoms with Gasteiger partial charge in [0.25, 0.3) is 0 Å². The zero-order valence-corrected chi connectivity index (χ0v) is 37.0. The van der Waals surface area contributed by atoms with E-state index in [2.05, 4.69) is 221 Å². The van der Waals surface area contributed by atoms with Gasteiger partial charge in [0.2, 0.25) is 0 Å². The fraction of sp³-hybridized carbons (Fsp3) is 0. The van der Waals surface area contributed by atoms with Crippen LogP contribution < -0.4 is 0 Å². The van der Waals surface area contributed by atoms with Crippen molar-refractivity contribution >= 4 is 97.9 Å². The predicted molar refractivity (Wildman–Crippen MR) is 285 cm³/mol. The van der Waals surface area contributed by atoms with E-state index in [9.17, 15) is 0 Å². The van der Waals surface area contributed by atoms with Crippen molar-refractivity contribution in [2.45, 2.75) is 0 Å². The Labute approximate surface area is 394 Å². The van der Waals surface area contributed by atoms with E-state index < -0.39 is 0 Å². The fourth-order valence-corrected chi connectivity index (χ4v) is 11.0. The molecule has 4 aromatic heterocycles. The summed E-state index contributed by atoms with van der Waals surface area (Å²) in [6, 6.07) is 79.8. The van der Waals surface area contributed by atoms with Crippen LogP contribution in [-0.4, -0.2) is 24.1 Å². The standard InChI is InChI=1S/C63H37N5O/c1-2-19-45(20-3-1)67-51-24-12-10-22-47(51)48-30-28-44(37-54(48)67)62-64-61(43-27-26-38-14-4-5-16-40(38)34-43)65-63(66-62)60-53(32-33-57-59(60)49-23-11-13-25-56(49)69-57)68-52-31-29-39-15-8-9-21-46(39)58(52)50-35-41-17-6-7-18-42(41)36-55(50)68/h1-37H.